The van der Waals surface area contributed by atoms with Crippen LogP contribution in [0.4, 0.5) is 10.1 Å². The van der Waals surface area contributed by atoms with Crippen LogP contribution in [-0.4, -0.2) is 43.5 Å². The zero-order valence-electron chi connectivity index (χ0n) is 16.3. The number of aliphatic hydroxyl groups is 1. The van der Waals surface area contributed by atoms with E-state index in [1.165, 1.54) is 18.3 Å². The van der Waals surface area contributed by atoms with Gasteiger partial charge in [0.1, 0.15) is 17.4 Å². The second-order valence-corrected chi connectivity index (χ2v) is 8.18. The number of fused-ring (bicyclic) bond motifs is 1. The SMILES string of the molecule is COCCOCSC1(O)c2cccc(F)c2N=CC1C(=O)NCc1ccc(Cl)cc1. The second-order valence-electron chi connectivity index (χ2n) is 6.60. The molecule has 6 nitrogen and oxygen atoms in total. The van der Waals surface area contributed by atoms with Gasteiger partial charge in [-0.2, -0.15) is 0 Å². The Morgan fingerprint density at radius 3 is 2.80 bits per heavy atom. The van der Waals surface area contributed by atoms with Gasteiger partial charge in [-0.1, -0.05) is 47.6 Å². The summed E-state index contributed by atoms with van der Waals surface area (Å²) in [5, 5.41) is 14.9. The molecule has 0 bridgehead atoms. The maximum atomic E-state index is 14.2. The van der Waals surface area contributed by atoms with Gasteiger partial charge in [0.05, 0.1) is 19.2 Å². The number of nitrogens with zero attached hydrogens (tertiary/aromatic N) is 1. The van der Waals surface area contributed by atoms with Gasteiger partial charge in [0.2, 0.25) is 5.91 Å². The van der Waals surface area contributed by atoms with E-state index >= 15 is 0 Å². The number of carbonyl (C=O) groups is 1. The molecule has 1 amide bonds. The average Bonchev–Trinajstić information content (AvgIpc) is 2.74. The third-order valence-corrected chi connectivity index (χ3v) is 6.05. The first-order chi connectivity index (χ1) is 14.5. The third-order valence-electron chi connectivity index (χ3n) is 4.60. The molecule has 0 saturated carbocycles. The minimum absolute atomic E-state index is 0.0196. The van der Waals surface area contributed by atoms with Crippen molar-refractivity contribution in [3.63, 3.8) is 0 Å². The van der Waals surface area contributed by atoms with Gasteiger partial charge >= 0.3 is 0 Å². The molecule has 0 spiro atoms. The number of amides is 1. The van der Waals surface area contributed by atoms with Gasteiger partial charge in [0.15, 0.2) is 4.93 Å². The van der Waals surface area contributed by atoms with Gasteiger partial charge in [-0.3, -0.25) is 9.79 Å². The van der Waals surface area contributed by atoms with Crippen LogP contribution in [0.5, 0.6) is 0 Å². The Hall–Kier alpha value is -1.97. The number of benzene rings is 2. The molecular formula is C21H22ClFN2O4S. The molecule has 160 valence electrons. The van der Waals surface area contributed by atoms with Crippen molar-refractivity contribution in [2.24, 2.45) is 10.9 Å². The Kier molecular flexibility index (Phi) is 7.85. The summed E-state index contributed by atoms with van der Waals surface area (Å²) in [6.45, 7) is 0.981. The Bertz CT molecular complexity index is 912. The molecule has 3 rings (SSSR count). The van der Waals surface area contributed by atoms with Crippen molar-refractivity contribution in [2.75, 3.05) is 26.3 Å². The lowest BCUT2D eigenvalue weighted by Gasteiger charge is -2.36. The first-order valence-electron chi connectivity index (χ1n) is 9.24. The molecule has 0 fully saturated rings. The van der Waals surface area contributed by atoms with Crippen LogP contribution in [0.25, 0.3) is 0 Å². The number of hydrogen-bond acceptors (Lipinski definition) is 6. The highest BCUT2D eigenvalue weighted by atomic mass is 35.5. The molecule has 2 aromatic rings. The molecule has 2 N–H and O–H groups in total. The van der Waals surface area contributed by atoms with Crippen LogP contribution in [0.2, 0.25) is 5.02 Å². The highest BCUT2D eigenvalue weighted by Gasteiger charge is 2.47. The number of methoxy groups -OCH3 is 1. The Morgan fingerprint density at radius 2 is 2.07 bits per heavy atom. The number of thioether (sulfide) groups is 1. The van der Waals surface area contributed by atoms with Crippen molar-refractivity contribution in [1.29, 1.82) is 0 Å². The first-order valence-corrected chi connectivity index (χ1v) is 10.6. The van der Waals surface area contributed by atoms with Gasteiger partial charge < -0.3 is 19.9 Å². The van der Waals surface area contributed by atoms with Crippen molar-refractivity contribution in [1.82, 2.24) is 5.32 Å². The summed E-state index contributed by atoms with van der Waals surface area (Å²) >= 11 is 6.89. The van der Waals surface area contributed by atoms with E-state index in [9.17, 15) is 14.3 Å². The average molecular weight is 453 g/mol. The third kappa shape index (κ3) is 5.19. The highest BCUT2D eigenvalue weighted by molar-refractivity contribution is 8.00. The van der Waals surface area contributed by atoms with Crippen molar-refractivity contribution in [2.45, 2.75) is 11.5 Å². The van der Waals surface area contributed by atoms with E-state index in [2.05, 4.69) is 10.3 Å². The predicted molar refractivity (Wildman–Crippen MR) is 116 cm³/mol. The van der Waals surface area contributed by atoms with Crippen LogP contribution in [0.15, 0.2) is 47.5 Å². The summed E-state index contributed by atoms with van der Waals surface area (Å²) < 4.78 is 24.6. The molecule has 2 unspecified atom stereocenters. The maximum absolute atomic E-state index is 14.2. The number of rotatable bonds is 9. The van der Waals surface area contributed by atoms with E-state index in [0.29, 0.717) is 18.2 Å². The smallest absolute Gasteiger partial charge is 0.233 e. The molecule has 0 aliphatic carbocycles. The van der Waals surface area contributed by atoms with E-state index in [1.807, 2.05) is 0 Å². The number of para-hydroxylation sites is 1. The lowest BCUT2D eigenvalue weighted by molar-refractivity contribution is -0.127. The van der Waals surface area contributed by atoms with Crippen LogP contribution in [-0.2, 0) is 25.7 Å². The summed E-state index contributed by atoms with van der Waals surface area (Å²) in [4.78, 5) is 15.3. The summed E-state index contributed by atoms with van der Waals surface area (Å²) in [5.74, 6) is -1.95. The molecule has 30 heavy (non-hydrogen) atoms. The van der Waals surface area contributed by atoms with Crippen LogP contribution >= 0.6 is 23.4 Å². The van der Waals surface area contributed by atoms with E-state index in [4.69, 9.17) is 21.1 Å². The lowest BCUT2D eigenvalue weighted by Crippen LogP contribution is -2.45. The summed E-state index contributed by atoms with van der Waals surface area (Å²) in [7, 11) is 1.56. The fourth-order valence-electron chi connectivity index (χ4n) is 3.00. The zero-order chi connectivity index (χ0) is 21.6. The van der Waals surface area contributed by atoms with Crippen LogP contribution in [0, 0.1) is 11.7 Å². The van der Waals surface area contributed by atoms with Crippen molar-refractivity contribution >= 4 is 41.2 Å². The van der Waals surface area contributed by atoms with E-state index in [0.717, 1.165) is 17.3 Å². The van der Waals surface area contributed by atoms with E-state index in [-0.39, 0.29) is 23.7 Å². The molecule has 9 heteroatoms. The number of halogens is 2. The fourth-order valence-corrected chi connectivity index (χ4v) is 4.17. The standard InChI is InChI=1S/C21H22ClFN2O4S/c1-28-9-10-29-13-30-21(27)16-3-2-4-18(23)19(16)24-12-17(21)20(26)25-11-14-5-7-15(22)8-6-14/h2-8,12,17,27H,9-11,13H2,1H3,(H,25,26). The molecule has 0 radical (unpaired) electrons. The van der Waals surface area contributed by atoms with Crippen LogP contribution in [0.3, 0.4) is 0 Å². The first kappa shape index (κ1) is 22.7. The van der Waals surface area contributed by atoms with E-state index in [1.54, 1.807) is 37.4 Å². The van der Waals surface area contributed by atoms with Gasteiger partial charge in [0, 0.05) is 30.5 Å². The maximum Gasteiger partial charge on any atom is 0.233 e. The molecule has 2 aromatic carbocycles. The minimum Gasteiger partial charge on any atom is -0.382 e. The molecule has 1 aliphatic rings. The van der Waals surface area contributed by atoms with Crippen LogP contribution in [0.1, 0.15) is 11.1 Å². The molecule has 0 saturated heterocycles. The fraction of sp³-hybridized carbons (Fsp3) is 0.333. The van der Waals surface area contributed by atoms with Gasteiger partial charge in [0.25, 0.3) is 0 Å². The number of hydrogen-bond donors (Lipinski definition) is 2. The number of aliphatic imine (C=N–C) groups is 1. The van der Waals surface area contributed by atoms with E-state index < -0.39 is 22.6 Å². The number of nitrogens with one attached hydrogen (secondary N) is 1. The molecule has 1 heterocycles. The molecular weight excluding hydrogens is 431 g/mol. The van der Waals surface area contributed by atoms with Crippen molar-refractivity contribution in [3.05, 3.63) is 64.4 Å². The van der Waals surface area contributed by atoms with Crippen molar-refractivity contribution < 1.29 is 23.8 Å². The predicted octanol–water partition coefficient (Wildman–Crippen LogP) is 3.63. The Morgan fingerprint density at radius 1 is 1.30 bits per heavy atom. The van der Waals surface area contributed by atoms with Crippen LogP contribution < -0.4 is 5.32 Å². The van der Waals surface area contributed by atoms with Gasteiger partial charge in [-0.25, -0.2) is 4.39 Å². The summed E-state index contributed by atoms with van der Waals surface area (Å²) in [6, 6.07) is 11.4. The zero-order valence-corrected chi connectivity index (χ0v) is 17.9. The highest BCUT2D eigenvalue weighted by Crippen LogP contribution is 2.47. The lowest BCUT2D eigenvalue weighted by atomic mass is 9.91. The largest absolute Gasteiger partial charge is 0.382 e. The summed E-state index contributed by atoms with van der Waals surface area (Å²) in [6.07, 6.45) is 1.28. The number of ether oxygens (including phenoxy) is 2. The molecule has 1 aliphatic heterocycles. The second kappa shape index (κ2) is 10.4. The minimum atomic E-state index is -1.74. The van der Waals surface area contributed by atoms with Gasteiger partial charge in [-0.05, 0) is 23.8 Å². The summed E-state index contributed by atoms with van der Waals surface area (Å²) in [5.41, 5.74) is 1.11. The van der Waals surface area contributed by atoms with Crippen molar-refractivity contribution in [3.8, 4) is 0 Å². The Balaban J connectivity index is 1.78. The monoisotopic (exact) mass is 452 g/mol. The Labute approximate surface area is 183 Å². The topological polar surface area (TPSA) is 80.2 Å². The molecule has 2 atom stereocenters. The number of carbonyl (C=O) groups excluding carboxylic acids is 1. The molecule has 0 aromatic heterocycles. The quantitative estimate of drug-likeness (QED) is 0.448. The van der Waals surface area contributed by atoms with Gasteiger partial charge in [-0.15, -0.1) is 0 Å². The normalized spacial score (nSPS) is 20.1.